The molecule has 0 aromatic heterocycles. The van der Waals surface area contributed by atoms with Gasteiger partial charge >= 0.3 is 0 Å². The molecule has 0 saturated carbocycles. The molecule has 2 rings (SSSR count). The summed E-state index contributed by atoms with van der Waals surface area (Å²) >= 11 is 1.75. The van der Waals surface area contributed by atoms with Crippen LogP contribution in [0.15, 0.2) is 23.1 Å². The van der Waals surface area contributed by atoms with Gasteiger partial charge in [0.1, 0.15) is 5.82 Å². The van der Waals surface area contributed by atoms with Crippen LogP contribution in [0.2, 0.25) is 0 Å². The van der Waals surface area contributed by atoms with E-state index in [-0.39, 0.29) is 11.9 Å². The highest BCUT2D eigenvalue weighted by molar-refractivity contribution is 8.00. The molecule has 1 aliphatic rings. The summed E-state index contributed by atoms with van der Waals surface area (Å²) in [6.45, 7) is 8.72. The van der Waals surface area contributed by atoms with Crippen molar-refractivity contribution in [1.82, 2.24) is 5.32 Å². The Bertz CT molecular complexity index is 438. The minimum atomic E-state index is -0.113. The molecule has 0 aliphatic carbocycles. The average Bonchev–Trinajstić information content (AvgIpc) is 2.78. The Morgan fingerprint density at radius 3 is 2.90 bits per heavy atom. The summed E-state index contributed by atoms with van der Waals surface area (Å²) in [5.74, 6) is 0.457. The van der Waals surface area contributed by atoms with Gasteiger partial charge in [0.05, 0.1) is 6.10 Å². The Morgan fingerprint density at radius 2 is 2.25 bits per heavy atom. The number of hydrogen-bond donors (Lipinski definition) is 1. The molecule has 20 heavy (non-hydrogen) atoms. The van der Waals surface area contributed by atoms with E-state index in [4.69, 9.17) is 4.74 Å². The summed E-state index contributed by atoms with van der Waals surface area (Å²) in [6.07, 6.45) is 1.29. The Labute approximate surface area is 125 Å². The van der Waals surface area contributed by atoms with Gasteiger partial charge < -0.3 is 10.1 Å². The summed E-state index contributed by atoms with van der Waals surface area (Å²) < 4.78 is 19.7. The number of nitrogens with one attached hydrogen (secondary N) is 1. The monoisotopic (exact) mass is 297 g/mol. The van der Waals surface area contributed by atoms with Crippen molar-refractivity contribution in [3.63, 3.8) is 0 Å². The second kappa shape index (κ2) is 7.43. The maximum atomic E-state index is 14.1. The van der Waals surface area contributed by atoms with Gasteiger partial charge in [-0.1, -0.05) is 19.9 Å². The fourth-order valence-electron chi connectivity index (χ4n) is 2.34. The first-order valence-corrected chi connectivity index (χ1v) is 8.22. The van der Waals surface area contributed by atoms with Crippen molar-refractivity contribution >= 4 is 11.8 Å². The van der Waals surface area contributed by atoms with Gasteiger partial charge in [-0.2, -0.15) is 0 Å². The summed E-state index contributed by atoms with van der Waals surface area (Å²) in [7, 11) is 0. The van der Waals surface area contributed by atoms with Gasteiger partial charge in [0.2, 0.25) is 0 Å². The third-order valence-corrected chi connectivity index (χ3v) is 5.07. The maximum Gasteiger partial charge on any atom is 0.128 e. The van der Waals surface area contributed by atoms with Crippen LogP contribution in [-0.4, -0.2) is 24.5 Å². The van der Waals surface area contributed by atoms with E-state index in [9.17, 15) is 4.39 Å². The Morgan fingerprint density at radius 1 is 1.45 bits per heavy atom. The molecule has 2 atom stereocenters. The van der Waals surface area contributed by atoms with Gasteiger partial charge in [0, 0.05) is 28.9 Å². The summed E-state index contributed by atoms with van der Waals surface area (Å²) in [6, 6.07) is 5.36. The summed E-state index contributed by atoms with van der Waals surface area (Å²) in [5, 5.41) is 3.77. The molecule has 1 aromatic carbocycles. The molecular formula is C16H24FNOS. The van der Waals surface area contributed by atoms with Crippen molar-refractivity contribution in [2.45, 2.75) is 50.0 Å². The van der Waals surface area contributed by atoms with Crippen LogP contribution in [0.25, 0.3) is 0 Å². The molecule has 1 N–H and O–H groups in total. The Hall–Kier alpha value is -0.580. The highest BCUT2D eigenvalue weighted by atomic mass is 32.2. The maximum absolute atomic E-state index is 14.1. The lowest BCUT2D eigenvalue weighted by molar-refractivity contribution is 0.127. The van der Waals surface area contributed by atoms with Gasteiger partial charge in [-0.05, 0) is 37.9 Å². The van der Waals surface area contributed by atoms with Crippen LogP contribution in [0, 0.1) is 11.7 Å². The van der Waals surface area contributed by atoms with Crippen LogP contribution in [0.1, 0.15) is 32.8 Å². The number of halogens is 1. The van der Waals surface area contributed by atoms with Gasteiger partial charge in [0.15, 0.2) is 0 Å². The molecule has 1 aliphatic heterocycles. The van der Waals surface area contributed by atoms with Crippen LogP contribution in [0.3, 0.4) is 0 Å². The largest absolute Gasteiger partial charge is 0.377 e. The lowest BCUT2D eigenvalue weighted by Gasteiger charge is -2.17. The lowest BCUT2D eigenvalue weighted by atomic mass is 10.2. The molecule has 0 bridgehead atoms. The molecular weight excluding hydrogens is 273 g/mol. The molecule has 1 heterocycles. The van der Waals surface area contributed by atoms with Crippen LogP contribution in [-0.2, 0) is 11.3 Å². The lowest BCUT2D eigenvalue weighted by Crippen LogP contribution is -2.20. The van der Waals surface area contributed by atoms with E-state index in [0.29, 0.717) is 17.7 Å². The van der Waals surface area contributed by atoms with Gasteiger partial charge in [-0.3, -0.25) is 0 Å². The number of benzene rings is 1. The fourth-order valence-corrected chi connectivity index (χ4v) is 3.62. The quantitative estimate of drug-likeness (QED) is 0.862. The average molecular weight is 297 g/mol. The molecule has 0 spiro atoms. The van der Waals surface area contributed by atoms with E-state index in [0.717, 1.165) is 30.0 Å². The zero-order valence-electron chi connectivity index (χ0n) is 12.5. The Balaban J connectivity index is 2.05. The molecule has 2 nitrogen and oxygen atoms in total. The van der Waals surface area contributed by atoms with E-state index in [1.54, 1.807) is 23.9 Å². The second-order valence-corrected chi connectivity index (χ2v) is 7.04. The van der Waals surface area contributed by atoms with E-state index in [1.807, 2.05) is 6.07 Å². The van der Waals surface area contributed by atoms with Gasteiger partial charge in [0.25, 0.3) is 0 Å². The minimum Gasteiger partial charge on any atom is -0.377 e. The second-order valence-electron chi connectivity index (χ2n) is 5.76. The fraction of sp³-hybridized carbons (Fsp3) is 0.625. The summed E-state index contributed by atoms with van der Waals surface area (Å²) in [5.41, 5.74) is 0.789. The first kappa shape index (κ1) is 15.8. The van der Waals surface area contributed by atoms with Gasteiger partial charge in [-0.15, -0.1) is 11.8 Å². The molecule has 0 radical (unpaired) electrons. The number of rotatable bonds is 6. The van der Waals surface area contributed by atoms with Crippen molar-refractivity contribution in [2.75, 3.05) is 13.2 Å². The first-order valence-electron chi connectivity index (χ1n) is 7.34. The number of hydrogen-bond acceptors (Lipinski definition) is 3. The summed E-state index contributed by atoms with van der Waals surface area (Å²) in [4.78, 5) is 1.05. The van der Waals surface area contributed by atoms with Crippen LogP contribution < -0.4 is 5.32 Å². The minimum absolute atomic E-state index is 0.113. The Kier molecular flexibility index (Phi) is 5.87. The van der Waals surface area contributed by atoms with Crippen molar-refractivity contribution in [3.8, 4) is 0 Å². The zero-order valence-corrected chi connectivity index (χ0v) is 13.3. The SMILES string of the molecule is CC(C)CNCc1c(F)cccc1SC1CCOC1C. The number of ether oxygens (including phenoxy) is 1. The third kappa shape index (κ3) is 4.21. The van der Waals surface area contributed by atoms with Crippen molar-refractivity contribution in [3.05, 3.63) is 29.6 Å². The molecule has 4 heteroatoms. The van der Waals surface area contributed by atoms with E-state index < -0.39 is 0 Å². The smallest absolute Gasteiger partial charge is 0.128 e. The molecule has 2 unspecified atom stereocenters. The van der Waals surface area contributed by atoms with E-state index in [1.165, 1.54) is 0 Å². The normalized spacial score (nSPS) is 22.6. The highest BCUT2D eigenvalue weighted by Gasteiger charge is 2.26. The van der Waals surface area contributed by atoms with Crippen molar-refractivity contribution < 1.29 is 9.13 Å². The molecule has 1 saturated heterocycles. The number of thioether (sulfide) groups is 1. The van der Waals surface area contributed by atoms with Crippen molar-refractivity contribution in [2.24, 2.45) is 5.92 Å². The van der Waals surface area contributed by atoms with E-state index >= 15 is 0 Å². The predicted octanol–water partition coefficient (Wildman–Crippen LogP) is 3.84. The third-order valence-electron chi connectivity index (χ3n) is 3.52. The molecule has 1 fully saturated rings. The van der Waals surface area contributed by atoms with Gasteiger partial charge in [-0.25, -0.2) is 4.39 Å². The first-order chi connectivity index (χ1) is 9.58. The van der Waals surface area contributed by atoms with Crippen LogP contribution >= 0.6 is 11.8 Å². The van der Waals surface area contributed by atoms with E-state index in [2.05, 4.69) is 26.1 Å². The molecule has 1 aromatic rings. The predicted molar refractivity (Wildman–Crippen MR) is 82.6 cm³/mol. The topological polar surface area (TPSA) is 21.3 Å². The standard InChI is InChI=1S/C16H24FNOS/c1-11(2)9-18-10-13-14(17)5-4-6-16(13)20-15-7-8-19-12(15)3/h4-6,11-12,15,18H,7-10H2,1-3H3. The highest BCUT2D eigenvalue weighted by Crippen LogP contribution is 2.35. The molecule has 112 valence electrons. The van der Waals surface area contributed by atoms with Crippen molar-refractivity contribution in [1.29, 1.82) is 0 Å². The van der Waals surface area contributed by atoms with Crippen LogP contribution in [0.4, 0.5) is 4.39 Å². The molecule has 0 amide bonds. The van der Waals surface area contributed by atoms with Crippen LogP contribution in [0.5, 0.6) is 0 Å². The zero-order chi connectivity index (χ0) is 14.5.